The highest BCUT2D eigenvalue weighted by atomic mass is 16.8. The van der Waals surface area contributed by atoms with Crippen LogP contribution < -0.4 is 0 Å². The average Bonchev–Trinajstić information content (AvgIpc) is 3.08. The van der Waals surface area contributed by atoms with Crippen molar-refractivity contribution < 1.29 is 23.7 Å². The minimum atomic E-state index is -0.717. The van der Waals surface area contributed by atoms with Crippen LogP contribution in [-0.2, 0) is 30.3 Å². The smallest absolute Gasteiger partial charge is 0.190 e. The molecule has 3 rings (SSSR count). The Bertz CT molecular complexity index is 614. The minimum Gasteiger partial charge on any atom is -0.377 e. The van der Waals surface area contributed by atoms with Gasteiger partial charge in [-0.2, -0.15) is 0 Å². The van der Waals surface area contributed by atoms with Crippen molar-refractivity contribution in [3.8, 4) is 0 Å². The van der Waals surface area contributed by atoms with Gasteiger partial charge in [-0.25, -0.2) is 0 Å². The minimum absolute atomic E-state index is 0.339. The van der Waals surface area contributed by atoms with Crippen LogP contribution in [0.2, 0.25) is 0 Å². The number of hydrogen-bond donors (Lipinski definition) is 0. The van der Waals surface area contributed by atoms with Crippen LogP contribution in [0.3, 0.4) is 0 Å². The van der Waals surface area contributed by atoms with Crippen molar-refractivity contribution in [3.05, 3.63) is 61.2 Å². The van der Waals surface area contributed by atoms with E-state index in [9.17, 15) is 0 Å². The Hall–Kier alpha value is -1.50. The quantitative estimate of drug-likeness (QED) is 0.497. The lowest BCUT2D eigenvalue weighted by Gasteiger charge is -2.37. The Kier molecular flexibility index (Phi) is 5.95. The number of fused-ring (bicyclic) bond motifs is 1. The molecule has 26 heavy (non-hydrogen) atoms. The van der Waals surface area contributed by atoms with E-state index < -0.39 is 17.7 Å². The highest BCUT2D eigenvalue weighted by Gasteiger charge is 2.63. The number of ether oxygens (including phenoxy) is 5. The molecule has 4 atom stereocenters. The molecule has 2 saturated heterocycles. The first-order chi connectivity index (χ1) is 12.5. The van der Waals surface area contributed by atoms with E-state index in [0.29, 0.717) is 26.2 Å². The van der Waals surface area contributed by atoms with Crippen molar-refractivity contribution in [2.75, 3.05) is 13.2 Å². The summed E-state index contributed by atoms with van der Waals surface area (Å²) in [7, 11) is 0. The molecule has 2 heterocycles. The summed E-state index contributed by atoms with van der Waals surface area (Å²) in [5.41, 5.74) is 0.418. The fraction of sp³-hybridized carbons (Fsp3) is 0.524. The van der Waals surface area contributed by atoms with Gasteiger partial charge in [0.2, 0.25) is 0 Å². The lowest BCUT2D eigenvalue weighted by molar-refractivity contribution is -0.230. The van der Waals surface area contributed by atoms with Gasteiger partial charge in [0.1, 0.15) is 17.8 Å². The summed E-state index contributed by atoms with van der Waals surface area (Å²) >= 11 is 0. The lowest BCUT2D eigenvalue weighted by atomic mass is 9.88. The van der Waals surface area contributed by atoms with Gasteiger partial charge >= 0.3 is 0 Å². The monoisotopic (exact) mass is 360 g/mol. The van der Waals surface area contributed by atoms with E-state index in [0.717, 1.165) is 5.56 Å². The van der Waals surface area contributed by atoms with Gasteiger partial charge in [0.15, 0.2) is 12.1 Å². The van der Waals surface area contributed by atoms with Gasteiger partial charge in [-0.15, -0.1) is 13.2 Å². The molecule has 142 valence electrons. The van der Waals surface area contributed by atoms with Crippen LogP contribution in [0.15, 0.2) is 55.6 Å². The Morgan fingerprint density at radius 2 is 1.92 bits per heavy atom. The van der Waals surface area contributed by atoms with E-state index in [1.54, 1.807) is 12.2 Å². The highest BCUT2D eigenvalue weighted by molar-refractivity contribution is 5.14. The molecule has 5 nitrogen and oxygen atoms in total. The zero-order valence-electron chi connectivity index (χ0n) is 15.6. The molecular formula is C21H28O5. The fourth-order valence-electron chi connectivity index (χ4n) is 3.57. The molecule has 0 aromatic heterocycles. The van der Waals surface area contributed by atoms with E-state index in [4.69, 9.17) is 23.7 Å². The van der Waals surface area contributed by atoms with Crippen LogP contribution in [-0.4, -0.2) is 43.1 Å². The first-order valence-electron chi connectivity index (χ1n) is 9.01. The average molecular weight is 360 g/mol. The SMILES string of the molecule is C=CCO[C@]1(CCOCc2ccccc2)[C@@H](C=C)O[C@@H]2OC(C)(C)O[C@@H]21. The summed E-state index contributed by atoms with van der Waals surface area (Å²) in [6, 6.07) is 10.1. The molecule has 0 saturated carbocycles. The van der Waals surface area contributed by atoms with Crippen LogP contribution in [0.4, 0.5) is 0 Å². The Morgan fingerprint density at radius 3 is 2.62 bits per heavy atom. The van der Waals surface area contributed by atoms with Crippen molar-refractivity contribution in [3.63, 3.8) is 0 Å². The molecule has 0 N–H and O–H groups in total. The summed E-state index contributed by atoms with van der Waals surface area (Å²) in [5, 5.41) is 0. The summed E-state index contributed by atoms with van der Waals surface area (Å²) < 4.78 is 30.1. The van der Waals surface area contributed by atoms with E-state index in [1.165, 1.54) is 0 Å². The summed E-state index contributed by atoms with van der Waals surface area (Å²) in [6.45, 7) is 12.9. The van der Waals surface area contributed by atoms with Crippen LogP contribution >= 0.6 is 0 Å². The fourth-order valence-corrected chi connectivity index (χ4v) is 3.57. The molecule has 0 amide bonds. The molecule has 0 unspecified atom stereocenters. The van der Waals surface area contributed by atoms with E-state index in [2.05, 4.69) is 13.2 Å². The standard InChI is InChI=1S/C21H28O5/c1-5-13-23-21(12-14-22-15-16-10-8-7-9-11-16)17(6-2)24-19-18(21)25-20(3,4)26-19/h5-11,17-19H,1-2,12-15H2,3-4H3/t17-,18+,19-,21-/m1/s1. The first-order valence-corrected chi connectivity index (χ1v) is 9.01. The third-order valence-corrected chi connectivity index (χ3v) is 4.73. The summed E-state index contributed by atoms with van der Waals surface area (Å²) in [5.74, 6) is -0.713. The van der Waals surface area contributed by atoms with E-state index in [-0.39, 0.29) is 12.2 Å². The topological polar surface area (TPSA) is 46.2 Å². The third-order valence-electron chi connectivity index (χ3n) is 4.73. The highest BCUT2D eigenvalue weighted by Crippen LogP contribution is 2.47. The van der Waals surface area contributed by atoms with Gasteiger partial charge in [-0.05, 0) is 19.4 Å². The molecule has 0 aliphatic carbocycles. The summed E-state index contributed by atoms with van der Waals surface area (Å²) in [4.78, 5) is 0. The van der Waals surface area contributed by atoms with Gasteiger partial charge in [0.25, 0.3) is 0 Å². The lowest BCUT2D eigenvalue weighted by Crippen LogP contribution is -2.51. The predicted molar refractivity (Wildman–Crippen MR) is 98.5 cm³/mol. The summed E-state index contributed by atoms with van der Waals surface area (Å²) in [6.07, 6.45) is 2.91. The molecule has 2 fully saturated rings. The largest absolute Gasteiger partial charge is 0.377 e. The molecule has 1 aromatic carbocycles. The second-order valence-corrected chi connectivity index (χ2v) is 7.06. The van der Waals surface area contributed by atoms with Gasteiger partial charge in [-0.3, -0.25) is 0 Å². The maximum Gasteiger partial charge on any atom is 0.190 e. The van der Waals surface area contributed by atoms with E-state index in [1.807, 2.05) is 44.2 Å². The maximum absolute atomic E-state index is 6.20. The van der Waals surface area contributed by atoms with Crippen molar-refractivity contribution >= 4 is 0 Å². The van der Waals surface area contributed by atoms with Crippen LogP contribution in [0.1, 0.15) is 25.8 Å². The van der Waals surface area contributed by atoms with Crippen LogP contribution in [0, 0.1) is 0 Å². The zero-order chi connectivity index (χ0) is 18.6. The van der Waals surface area contributed by atoms with Crippen LogP contribution in [0.5, 0.6) is 0 Å². The maximum atomic E-state index is 6.20. The third kappa shape index (κ3) is 3.92. The Labute approximate surface area is 155 Å². The number of benzene rings is 1. The van der Waals surface area contributed by atoms with Gasteiger partial charge in [-0.1, -0.05) is 42.5 Å². The van der Waals surface area contributed by atoms with Gasteiger partial charge < -0.3 is 23.7 Å². The molecule has 2 aliphatic rings. The molecule has 0 spiro atoms. The molecule has 5 heteroatoms. The predicted octanol–water partition coefficient (Wildman–Crippen LogP) is 3.60. The molecule has 1 aromatic rings. The Balaban J connectivity index is 1.69. The van der Waals surface area contributed by atoms with Crippen molar-refractivity contribution in [2.24, 2.45) is 0 Å². The normalized spacial score (nSPS) is 32.3. The first kappa shape index (κ1) is 19.3. The molecule has 2 aliphatic heterocycles. The molecular weight excluding hydrogens is 332 g/mol. The van der Waals surface area contributed by atoms with Crippen molar-refractivity contribution in [1.82, 2.24) is 0 Å². The van der Waals surface area contributed by atoms with Crippen molar-refractivity contribution in [2.45, 2.75) is 56.8 Å². The second-order valence-electron chi connectivity index (χ2n) is 7.06. The molecule has 0 radical (unpaired) electrons. The van der Waals surface area contributed by atoms with Crippen molar-refractivity contribution in [1.29, 1.82) is 0 Å². The Morgan fingerprint density at radius 1 is 1.15 bits per heavy atom. The van der Waals surface area contributed by atoms with Gasteiger partial charge in [0, 0.05) is 13.0 Å². The zero-order valence-corrected chi connectivity index (χ0v) is 15.6. The molecule has 0 bridgehead atoms. The number of rotatable bonds is 9. The van der Waals surface area contributed by atoms with E-state index >= 15 is 0 Å². The van der Waals surface area contributed by atoms with Crippen LogP contribution in [0.25, 0.3) is 0 Å². The van der Waals surface area contributed by atoms with Gasteiger partial charge in [0.05, 0.1) is 13.2 Å². The number of hydrogen-bond acceptors (Lipinski definition) is 5. The second kappa shape index (κ2) is 8.03.